The molecular weight excluding hydrogens is 366 g/mol. The number of nitrogens with zero attached hydrogens (tertiary/aromatic N) is 2. The van der Waals surface area contributed by atoms with Crippen LogP contribution in [-0.4, -0.2) is 43.1 Å². The van der Waals surface area contributed by atoms with E-state index in [-0.39, 0.29) is 12.7 Å². The molecule has 0 spiro atoms. The summed E-state index contributed by atoms with van der Waals surface area (Å²) in [5, 5.41) is 2.03. The van der Waals surface area contributed by atoms with E-state index >= 15 is 0 Å². The molecule has 2 atom stereocenters. The van der Waals surface area contributed by atoms with E-state index in [1.807, 2.05) is 11.4 Å². The van der Waals surface area contributed by atoms with E-state index in [1.54, 1.807) is 35.6 Å². The topological polar surface area (TPSA) is 71.4 Å². The third-order valence-electron chi connectivity index (χ3n) is 5.12. The number of anilines is 1. The van der Waals surface area contributed by atoms with Gasteiger partial charge in [-0.15, -0.1) is 11.3 Å². The first kappa shape index (κ1) is 17.7. The van der Waals surface area contributed by atoms with Gasteiger partial charge < -0.3 is 9.64 Å². The Kier molecular flexibility index (Phi) is 4.67. The Balaban J connectivity index is 1.54. The number of rotatable bonds is 5. The number of quaternary nitrogens is 1. The Morgan fingerprint density at radius 1 is 1.15 bits per heavy atom. The normalized spacial score (nSPS) is 22.8. The molecule has 27 heavy (non-hydrogen) atoms. The maximum Gasteiger partial charge on any atom is 0.343 e. The third kappa shape index (κ3) is 3.11. The van der Waals surface area contributed by atoms with Crippen LogP contribution in [0.4, 0.5) is 10.5 Å². The molecule has 2 aliphatic rings. The van der Waals surface area contributed by atoms with E-state index in [2.05, 4.69) is 6.07 Å². The number of methoxy groups -OCH3 is 1. The Morgan fingerprint density at radius 3 is 2.59 bits per heavy atom. The highest BCUT2D eigenvalue weighted by Gasteiger charge is 2.48. The zero-order valence-corrected chi connectivity index (χ0v) is 15.7. The number of hydrogen-bond acceptors (Lipinski definition) is 5. The van der Waals surface area contributed by atoms with Gasteiger partial charge in [-0.3, -0.25) is 9.59 Å². The van der Waals surface area contributed by atoms with Crippen molar-refractivity contribution in [1.82, 2.24) is 4.90 Å². The lowest BCUT2D eigenvalue weighted by atomic mass is 10.2. The second-order valence-corrected chi connectivity index (χ2v) is 7.61. The van der Waals surface area contributed by atoms with Crippen molar-refractivity contribution in [2.75, 3.05) is 25.2 Å². The number of hydrogen-bond donors (Lipinski definition) is 1. The molecule has 1 aromatic heterocycles. The highest BCUT2D eigenvalue weighted by atomic mass is 32.1. The largest absolute Gasteiger partial charge is 0.497 e. The molecule has 4 rings (SSSR count). The van der Waals surface area contributed by atoms with Crippen LogP contribution in [0.1, 0.15) is 23.8 Å². The lowest BCUT2D eigenvalue weighted by molar-refractivity contribution is -0.925. The molecule has 0 saturated carbocycles. The summed E-state index contributed by atoms with van der Waals surface area (Å²) >= 11 is 1.69. The van der Waals surface area contributed by atoms with Crippen LogP contribution >= 0.6 is 11.3 Å². The van der Waals surface area contributed by atoms with Crippen LogP contribution in [0.15, 0.2) is 41.8 Å². The number of thiophene rings is 1. The van der Waals surface area contributed by atoms with Gasteiger partial charge in [0, 0.05) is 12.8 Å². The van der Waals surface area contributed by atoms with Crippen molar-refractivity contribution in [2.45, 2.75) is 18.9 Å². The summed E-state index contributed by atoms with van der Waals surface area (Å²) in [5.41, 5.74) is 0.368. The number of carbonyl (C=O) groups excluding carboxylic acids is 3. The van der Waals surface area contributed by atoms with Gasteiger partial charge in [-0.2, -0.15) is 0 Å². The third-order valence-corrected chi connectivity index (χ3v) is 6.10. The molecule has 1 N–H and O–H groups in total. The molecule has 2 aliphatic heterocycles. The van der Waals surface area contributed by atoms with E-state index in [0.717, 1.165) is 34.1 Å². The number of imide groups is 2. The highest BCUT2D eigenvalue weighted by Crippen LogP contribution is 2.26. The van der Waals surface area contributed by atoms with Crippen molar-refractivity contribution in [2.24, 2.45) is 0 Å². The van der Waals surface area contributed by atoms with E-state index < -0.39 is 17.8 Å². The van der Waals surface area contributed by atoms with Gasteiger partial charge >= 0.3 is 17.8 Å². The molecular formula is C19H20N3O4S+. The number of likely N-dealkylation sites (tertiary alicyclic amines) is 1. The first-order valence-corrected chi connectivity index (χ1v) is 9.70. The zero-order chi connectivity index (χ0) is 19.0. The second kappa shape index (κ2) is 7.13. The SMILES string of the molecule is COc1ccc(N2C(=O)C(=O)N(C[NH+]3CCC[C@@H]3c3cccs3)C2=O)cc1. The summed E-state index contributed by atoms with van der Waals surface area (Å²) in [6.45, 7) is 1.08. The first-order chi connectivity index (χ1) is 13.1. The van der Waals surface area contributed by atoms with Crippen LogP contribution in [0.2, 0.25) is 0 Å². The molecule has 4 amide bonds. The molecule has 7 nitrogen and oxygen atoms in total. The number of nitrogens with one attached hydrogen (secondary N) is 1. The van der Waals surface area contributed by atoms with E-state index in [0.29, 0.717) is 11.4 Å². The Hall–Kier alpha value is -2.71. The van der Waals surface area contributed by atoms with Gasteiger partial charge in [0.05, 0.1) is 24.2 Å². The van der Waals surface area contributed by atoms with Crippen LogP contribution in [0, 0.1) is 0 Å². The van der Waals surface area contributed by atoms with Gasteiger partial charge in [0.2, 0.25) is 0 Å². The Bertz CT molecular complexity index is 866. The van der Waals surface area contributed by atoms with Gasteiger partial charge in [0.15, 0.2) is 6.67 Å². The standard InChI is InChI=1S/C19H19N3O4S/c1-26-14-8-6-13(7-9-14)22-18(24)17(23)21(19(22)25)12-20-10-2-4-15(20)16-5-3-11-27-16/h3,5-9,11,15H,2,4,10,12H2,1H3/p+1/t15-/m1/s1. The van der Waals surface area contributed by atoms with Crippen molar-refractivity contribution in [3.05, 3.63) is 46.7 Å². The van der Waals surface area contributed by atoms with Crippen LogP contribution in [0.3, 0.4) is 0 Å². The van der Waals surface area contributed by atoms with Crippen LogP contribution in [-0.2, 0) is 9.59 Å². The van der Waals surface area contributed by atoms with Crippen molar-refractivity contribution >= 4 is 34.9 Å². The molecule has 3 heterocycles. The minimum atomic E-state index is -0.809. The predicted molar refractivity (Wildman–Crippen MR) is 99.7 cm³/mol. The van der Waals surface area contributed by atoms with Crippen molar-refractivity contribution < 1.29 is 24.0 Å². The van der Waals surface area contributed by atoms with Crippen molar-refractivity contribution in [3.63, 3.8) is 0 Å². The second-order valence-electron chi connectivity index (χ2n) is 6.63. The lowest BCUT2D eigenvalue weighted by Gasteiger charge is -2.24. The van der Waals surface area contributed by atoms with Gasteiger partial charge in [-0.25, -0.2) is 14.6 Å². The van der Waals surface area contributed by atoms with E-state index in [9.17, 15) is 14.4 Å². The minimum Gasteiger partial charge on any atom is -0.497 e. The van der Waals surface area contributed by atoms with Crippen LogP contribution in [0.5, 0.6) is 5.75 Å². The van der Waals surface area contributed by atoms with E-state index in [1.165, 1.54) is 12.0 Å². The zero-order valence-electron chi connectivity index (χ0n) is 14.9. The number of urea groups is 1. The summed E-state index contributed by atoms with van der Waals surface area (Å²) in [6.07, 6.45) is 2.05. The molecule has 1 aromatic carbocycles. The quantitative estimate of drug-likeness (QED) is 0.623. The van der Waals surface area contributed by atoms with Gasteiger partial charge in [0.1, 0.15) is 11.8 Å². The smallest absolute Gasteiger partial charge is 0.343 e. The molecule has 0 bridgehead atoms. The van der Waals surface area contributed by atoms with Crippen LogP contribution < -0.4 is 14.5 Å². The minimum absolute atomic E-state index is 0.207. The summed E-state index contributed by atoms with van der Waals surface area (Å²) in [6, 6.07) is 10.3. The number of ether oxygens (including phenoxy) is 1. The van der Waals surface area contributed by atoms with Crippen molar-refractivity contribution in [3.8, 4) is 5.75 Å². The highest BCUT2D eigenvalue weighted by molar-refractivity contribution is 7.10. The number of carbonyl (C=O) groups is 3. The molecule has 0 aliphatic carbocycles. The lowest BCUT2D eigenvalue weighted by Crippen LogP contribution is -3.12. The maximum atomic E-state index is 12.8. The molecule has 2 fully saturated rings. The summed E-state index contributed by atoms with van der Waals surface area (Å²) in [5.74, 6) is -0.960. The fourth-order valence-electron chi connectivity index (χ4n) is 3.74. The summed E-state index contributed by atoms with van der Waals surface area (Å²) in [7, 11) is 1.54. The van der Waals surface area contributed by atoms with Crippen molar-refractivity contribution in [1.29, 1.82) is 0 Å². The summed E-state index contributed by atoms with van der Waals surface area (Å²) < 4.78 is 5.10. The molecule has 8 heteroatoms. The van der Waals surface area contributed by atoms with Gasteiger partial charge in [0.25, 0.3) is 0 Å². The first-order valence-electron chi connectivity index (χ1n) is 8.82. The van der Waals surface area contributed by atoms with Crippen LogP contribution in [0.25, 0.3) is 0 Å². The van der Waals surface area contributed by atoms with Gasteiger partial charge in [-0.1, -0.05) is 6.07 Å². The fraction of sp³-hybridized carbons (Fsp3) is 0.316. The monoisotopic (exact) mass is 386 g/mol. The Labute approximate surface area is 160 Å². The summed E-state index contributed by atoms with van der Waals surface area (Å²) in [4.78, 5) is 42.2. The maximum absolute atomic E-state index is 12.8. The number of amides is 4. The average molecular weight is 386 g/mol. The Morgan fingerprint density at radius 2 is 1.93 bits per heavy atom. The molecule has 1 unspecified atom stereocenters. The average Bonchev–Trinajstić information content (AvgIpc) is 3.40. The molecule has 2 aromatic rings. The predicted octanol–water partition coefficient (Wildman–Crippen LogP) is 1.43. The molecule has 0 radical (unpaired) electrons. The van der Waals surface area contributed by atoms with E-state index in [4.69, 9.17) is 4.74 Å². The molecule has 2 saturated heterocycles. The fourth-order valence-corrected chi connectivity index (χ4v) is 4.66. The van der Waals surface area contributed by atoms with Gasteiger partial charge in [-0.05, 0) is 35.7 Å². The number of benzene rings is 1. The molecule has 140 valence electrons.